The molecule has 0 aliphatic rings. The van der Waals surface area contributed by atoms with Crippen LogP contribution >= 0.6 is 0 Å². The Morgan fingerprint density at radius 3 is 2.32 bits per heavy atom. The van der Waals surface area contributed by atoms with E-state index in [2.05, 4.69) is 0 Å². The lowest BCUT2D eigenvalue weighted by molar-refractivity contribution is 0.483. The quantitative estimate of drug-likeness (QED) is 0.869. The number of aryl methyl sites for hydroxylation is 1. The molecule has 3 nitrogen and oxygen atoms in total. The molecule has 0 atom stereocenters. The minimum absolute atomic E-state index is 0.0457. The Morgan fingerprint density at radius 1 is 1.05 bits per heavy atom. The van der Waals surface area contributed by atoms with Gasteiger partial charge in [0.15, 0.2) is 0 Å². The highest BCUT2D eigenvalue weighted by Crippen LogP contribution is 2.27. The Labute approximate surface area is 113 Å². The Morgan fingerprint density at radius 2 is 1.74 bits per heavy atom. The van der Waals surface area contributed by atoms with Crippen molar-refractivity contribution in [3.8, 4) is 11.1 Å². The molecule has 0 saturated heterocycles. The fraction of sp³-hybridized carbons (Fsp3) is 0.200. The lowest BCUT2D eigenvalue weighted by Crippen LogP contribution is -2.00. The Balaban J connectivity index is 2.56. The fourth-order valence-corrected chi connectivity index (χ4v) is 2.64. The molecule has 4 heteroatoms. The monoisotopic (exact) mass is 276 g/mol. The van der Waals surface area contributed by atoms with Gasteiger partial charge in [0, 0.05) is 0 Å². The van der Waals surface area contributed by atoms with Crippen molar-refractivity contribution in [2.75, 3.05) is 0 Å². The maximum absolute atomic E-state index is 11.2. The zero-order valence-electron chi connectivity index (χ0n) is 10.7. The largest absolute Gasteiger partial charge is 0.294 e. The van der Waals surface area contributed by atoms with Crippen LogP contribution in [0.1, 0.15) is 18.9 Å². The second-order valence-corrected chi connectivity index (χ2v) is 5.83. The Hall–Kier alpha value is -1.65. The van der Waals surface area contributed by atoms with Gasteiger partial charge < -0.3 is 0 Å². The number of hydrogen-bond donors (Lipinski definition) is 1. The topological polar surface area (TPSA) is 54.4 Å². The Kier molecular flexibility index (Phi) is 4.02. The summed E-state index contributed by atoms with van der Waals surface area (Å²) in [6, 6.07) is 14.6. The molecule has 0 fully saturated rings. The van der Waals surface area contributed by atoms with Crippen molar-refractivity contribution >= 4 is 10.1 Å². The molecule has 19 heavy (non-hydrogen) atoms. The average Bonchev–Trinajstić information content (AvgIpc) is 2.39. The van der Waals surface area contributed by atoms with E-state index in [4.69, 9.17) is 4.55 Å². The molecule has 2 rings (SSSR count). The highest BCUT2D eigenvalue weighted by atomic mass is 32.2. The van der Waals surface area contributed by atoms with Gasteiger partial charge in [-0.05, 0) is 35.2 Å². The van der Waals surface area contributed by atoms with Crippen LogP contribution in [0.15, 0.2) is 53.4 Å². The van der Waals surface area contributed by atoms with Gasteiger partial charge in [-0.1, -0.05) is 49.7 Å². The molecule has 0 spiro atoms. The van der Waals surface area contributed by atoms with Crippen LogP contribution in [-0.4, -0.2) is 13.0 Å². The summed E-state index contributed by atoms with van der Waals surface area (Å²) >= 11 is 0. The number of benzene rings is 2. The molecule has 0 radical (unpaired) electrons. The summed E-state index contributed by atoms with van der Waals surface area (Å²) in [5.41, 5.74) is 2.99. The van der Waals surface area contributed by atoms with Crippen LogP contribution in [-0.2, 0) is 16.5 Å². The van der Waals surface area contributed by atoms with Crippen molar-refractivity contribution in [3.05, 3.63) is 54.1 Å². The van der Waals surface area contributed by atoms with Crippen LogP contribution in [0.4, 0.5) is 0 Å². The summed E-state index contributed by atoms with van der Waals surface area (Å²) in [4.78, 5) is -0.0457. The fourth-order valence-electron chi connectivity index (χ4n) is 2.11. The molecule has 0 unspecified atom stereocenters. The van der Waals surface area contributed by atoms with E-state index in [0.717, 1.165) is 29.5 Å². The van der Waals surface area contributed by atoms with Gasteiger partial charge in [0.25, 0.3) is 10.1 Å². The van der Waals surface area contributed by atoms with E-state index >= 15 is 0 Å². The smallest absolute Gasteiger partial charge is 0.282 e. The van der Waals surface area contributed by atoms with Gasteiger partial charge in [-0.3, -0.25) is 4.55 Å². The van der Waals surface area contributed by atoms with Crippen molar-refractivity contribution in [2.45, 2.75) is 24.7 Å². The highest BCUT2D eigenvalue weighted by Gasteiger charge is 2.13. The van der Waals surface area contributed by atoms with Crippen molar-refractivity contribution in [1.82, 2.24) is 0 Å². The molecule has 2 aromatic carbocycles. The van der Waals surface area contributed by atoms with Crippen LogP contribution in [0, 0.1) is 0 Å². The first-order valence-corrected chi connectivity index (χ1v) is 7.62. The SMILES string of the molecule is CCCc1cc(S(=O)(=O)O)ccc1-c1ccccc1. The minimum Gasteiger partial charge on any atom is -0.282 e. The maximum Gasteiger partial charge on any atom is 0.294 e. The molecule has 0 aliphatic carbocycles. The minimum atomic E-state index is -4.14. The van der Waals surface area contributed by atoms with E-state index in [-0.39, 0.29) is 4.90 Å². The molecule has 0 heterocycles. The molecule has 0 bridgehead atoms. The normalized spacial score (nSPS) is 11.5. The molecular weight excluding hydrogens is 260 g/mol. The molecule has 0 amide bonds. The van der Waals surface area contributed by atoms with Gasteiger partial charge in [0.05, 0.1) is 4.90 Å². The second-order valence-electron chi connectivity index (χ2n) is 4.41. The van der Waals surface area contributed by atoms with E-state index in [9.17, 15) is 8.42 Å². The van der Waals surface area contributed by atoms with Crippen LogP contribution < -0.4 is 0 Å². The van der Waals surface area contributed by atoms with Gasteiger partial charge in [0.2, 0.25) is 0 Å². The summed E-state index contributed by atoms with van der Waals surface area (Å²) < 4.78 is 31.5. The molecule has 0 saturated carbocycles. The third-order valence-electron chi connectivity index (χ3n) is 2.98. The van der Waals surface area contributed by atoms with E-state index in [1.807, 2.05) is 37.3 Å². The lowest BCUT2D eigenvalue weighted by Gasteiger charge is -2.10. The van der Waals surface area contributed by atoms with Crippen molar-refractivity contribution in [3.63, 3.8) is 0 Å². The molecule has 0 aliphatic heterocycles. The number of hydrogen-bond acceptors (Lipinski definition) is 2. The van der Waals surface area contributed by atoms with E-state index in [1.165, 1.54) is 6.07 Å². The zero-order valence-corrected chi connectivity index (χ0v) is 11.5. The van der Waals surface area contributed by atoms with Crippen molar-refractivity contribution in [1.29, 1.82) is 0 Å². The van der Waals surface area contributed by atoms with Crippen LogP contribution in [0.2, 0.25) is 0 Å². The highest BCUT2D eigenvalue weighted by molar-refractivity contribution is 7.85. The summed E-state index contributed by atoms with van der Waals surface area (Å²) in [5, 5.41) is 0. The van der Waals surface area contributed by atoms with E-state index < -0.39 is 10.1 Å². The standard InChI is InChI=1S/C15H16O3S/c1-2-6-13-11-14(19(16,17)18)9-10-15(13)12-7-4-3-5-8-12/h3-5,7-11H,2,6H2,1H3,(H,16,17,18). The Bertz CT molecular complexity index is 661. The average molecular weight is 276 g/mol. The molecule has 0 aromatic heterocycles. The van der Waals surface area contributed by atoms with Gasteiger partial charge in [0.1, 0.15) is 0 Å². The second kappa shape index (κ2) is 5.55. The zero-order chi connectivity index (χ0) is 13.9. The van der Waals surface area contributed by atoms with Gasteiger partial charge in [-0.25, -0.2) is 0 Å². The lowest BCUT2D eigenvalue weighted by atomic mass is 9.97. The summed E-state index contributed by atoms with van der Waals surface area (Å²) in [7, 11) is -4.14. The summed E-state index contributed by atoms with van der Waals surface area (Å²) in [5.74, 6) is 0. The van der Waals surface area contributed by atoms with Crippen LogP contribution in [0.5, 0.6) is 0 Å². The number of rotatable bonds is 4. The van der Waals surface area contributed by atoms with Crippen LogP contribution in [0.3, 0.4) is 0 Å². The maximum atomic E-state index is 11.2. The van der Waals surface area contributed by atoms with Gasteiger partial charge in [-0.2, -0.15) is 8.42 Å². The van der Waals surface area contributed by atoms with Gasteiger partial charge >= 0.3 is 0 Å². The molecule has 2 aromatic rings. The summed E-state index contributed by atoms with van der Waals surface area (Å²) in [6.45, 7) is 2.04. The van der Waals surface area contributed by atoms with E-state index in [0.29, 0.717) is 0 Å². The van der Waals surface area contributed by atoms with E-state index in [1.54, 1.807) is 12.1 Å². The molecule has 100 valence electrons. The third-order valence-corrected chi connectivity index (χ3v) is 3.83. The molecular formula is C15H16O3S. The predicted molar refractivity (Wildman–Crippen MR) is 75.7 cm³/mol. The van der Waals surface area contributed by atoms with Crippen molar-refractivity contribution in [2.24, 2.45) is 0 Å². The predicted octanol–water partition coefficient (Wildman–Crippen LogP) is 3.55. The van der Waals surface area contributed by atoms with Gasteiger partial charge in [-0.15, -0.1) is 0 Å². The third kappa shape index (κ3) is 3.22. The van der Waals surface area contributed by atoms with Crippen LogP contribution in [0.25, 0.3) is 11.1 Å². The summed E-state index contributed by atoms with van der Waals surface area (Å²) in [6.07, 6.45) is 1.68. The first-order chi connectivity index (χ1) is 9.02. The first kappa shape index (κ1) is 13.8. The first-order valence-electron chi connectivity index (χ1n) is 6.18. The molecule has 1 N–H and O–H groups in total. The van der Waals surface area contributed by atoms with Crippen molar-refractivity contribution < 1.29 is 13.0 Å².